The average molecular weight is 236 g/mol. The lowest BCUT2D eigenvalue weighted by Gasteiger charge is -2.14. The van der Waals surface area contributed by atoms with Gasteiger partial charge < -0.3 is 5.11 Å². The molecule has 1 nitrogen and oxygen atoms in total. The molecule has 2 saturated carbocycles. The number of thiol groups is 2. The largest absolute Gasteiger partial charge is 0.501 e. The van der Waals surface area contributed by atoms with Crippen molar-refractivity contribution in [3.05, 3.63) is 0 Å². The predicted molar refractivity (Wildman–Crippen MR) is 67.3 cm³/mol. The molecule has 0 heterocycles. The van der Waals surface area contributed by atoms with Gasteiger partial charge in [0.2, 0.25) is 0 Å². The molecule has 76 valence electrons. The molecule has 0 aromatic rings. The Labute approximate surface area is 96.1 Å². The Morgan fingerprint density at radius 2 is 2.00 bits per heavy atom. The van der Waals surface area contributed by atoms with E-state index in [-0.39, 0.29) is 10.8 Å². The van der Waals surface area contributed by atoms with E-state index in [2.05, 4.69) is 37.5 Å². The highest BCUT2D eigenvalue weighted by Crippen LogP contribution is 2.46. The first kappa shape index (κ1) is 11.7. The van der Waals surface area contributed by atoms with Gasteiger partial charge >= 0.3 is 0 Å². The van der Waals surface area contributed by atoms with Crippen molar-refractivity contribution in [3.63, 3.8) is 0 Å². The lowest BCUT2D eigenvalue weighted by atomic mass is 10.0. The van der Waals surface area contributed by atoms with E-state index in [1.807, 2.05) is 0 Å². The summed E-state index contributed by atoms with van der Waals surface area (Å²) < 4.78 is 0. The van der Waals surface area contributed by atoms with E-state index in [0.29, 0.717) is 0 Å². The van der Waals surface area contributed by atoms with E-state index in [9.17, 15) is 0 Å². The van der Waals surface area contributed by atoms with Crippen LogP contribution in [-0.4, -0.2) is 21.2 Å². The summed E-state index contributed by atoms with van der Waals surface area (Å²) in [6, 6.07) is 0. The van der Waals surface area contributed by atoms with Gasteiger partial charge in [0.05, 0.1) is 5.75 Å². The van der Waals surface area contributed by atoms with Crippen LogP contribution in [0.25, 0.3) is 0 Å². The monoisotopic (exact) mass is 236 g/mol. The molecule has 2 aliphatic carbocycles. The Morgan fingerprint density at radius 3 is 2.15 bits per heavy atom. The van der Waals surface area contributed by atoms with E-state index in [1.54, 1.807) is 0 Å². The van der Waals surface area contributed by atoms with Gasteiger partial charge in [0.15, 0.2) is 5.05 Å². The van der Waals surface area contributed by atoms with Crippen molar-refractivity contribution >= 4 is 42.5 Å². The van der Waals surface area contributed by atoms with Crippen LogP contribution in [0, 0.1) is 11.8 Å². The van der Waals surface area contributed by atoms with Crippen molar-refractivity contribution in [1.29, 1.82) is 0 Å². The first-order valence-corrected chi connectivity index (χ1v) is 6.20. The molecule has 13 heavy (non-hydrogen) atoms. The first-order valence-electron chi connectivity index (χ1n) is 4.64. The van der Waals surface area contributed by atoms with E-state index < -0.39 is 0 Å². The number of aliphatic hydroxyl groups excluding tert-OH is 1. The summed E-state index contributed by atoms with van der Waals surface area (Å²) in [5.41, 5.74) is 0. The van der Waals surface area contributed by atoms with Crippen LogP contribution in [0.1, 0.15) is 25.7 Å². The fraction of sp³-hybridized carbons (Fsp3) is 0.889. The molecule has 2 rings (SSSR count). The third-order valence-corrected chi connectivity index (χ3v) is 4.13. The van der Waals surface area contributed by atoms with Crippen molar-refractivity contribution in [3.8, 4) is 0 Å². The van der Waals surface area contributed by atoms with Crippen LogP contribution in [0.3, 0.4) is 0 Å². The second-order valence-corrected chi connectivity index (χ2v) is 5.24. The minimum Gasteiger partial charge on any atom is -0.501 e. The highest BCUT2D eigenvalue weighted by Gasteiger charge is 2.37. The summed E-state index contributed by atoms with van der Waals surface area (Å²) in [5, 5.41) is 8.74. The van der Waals surface area contributed by atoms with E-state index >= 15 is 0 Å². The zero-order valence-electron chi connectivity index (χ0n) is 7.52. The highest BCUT2D eigenvalue weighted by atomic mass is 32.1. The fourth-order valence-corrected chi connectivity index (χ4v) is 2.78. The molecule has 0 spiro atoms. The Kier molecular flexibility index (Phi) is 4.90. The van der Waals surface area contributed by atoms with Crippen LogP contribution < -0.4 is 0 Å². The van der Waals surface area contributed by atoms with Gasteiger partial charge in [-0.2, -0.15) is 25.3 Å². The summed E-state index contributed by atoms with van der Waals surface area (Å²) in [7, 11) is 0. The first-order chi connectivity index (χ1) is 6.13. The molecule has 2 aliphatic rings. The second kappa shape index (κ2) is 5.47. The quantitative estimate of drug-likeness (QED) is 0.481. The van der Waals surface area contributed by atoms with Crippen LogP contribution in [-0.2, 0) is 0 Å². The third-order valence-electron chi connectivity index (χ3n) is 2.84. The van der Waals surface area contributed by atoms with Gasteiger partial charge in [-0.25, -0.2) is 0 Å². The van der Waals surface area contributed by atoms with Crippen LogP contribution in [0.4, 0.5) is 0 Å². The van der Waals surface area contributed by atoms with Gasteiger partial charge in [0.25, 0.3) is 0 Å². The smallest absolute Gasteiger partial charge is 0.166 e. The molecular weight excluding hydrogens is 220 g/mol. The normalized spacial score (nSPS) is 35.4. The van der Waals surface area contributed by atoms with Gasteiger partial charge in [-0.3, -0.25) is 0 Å². The SMILES string of the molecule is OC(=S)CS.SC1CC2CCC1C2. The lowest BCUT2D eigenvalue weighted by Crippen LogP contribution is -2.08. The summed E-state index contributed by atoms with van der Waals surface area (Å²) in [6.07, 6.45) is 5.88. The van der Waals surface area contributed by atoms with Gasteiger partial charge in [-0.15, -0.1) is 0 Å². The zero-order valence-corrected chi connectivity index (χ0v) is 10.1. The van der Waals surface area contributed by atoms with Crippen LogP contribution in [0.2, 0.25) is 0 Å². The summed E-state index contributed by atoms with van der Waals surface area (Å²) in [5.74, 6) is 2.36. The summed E-state index contributed by atoms with van der Waals surface area (Å²) >= 11 is 12.3. The van der Waals surface area contributed by atoms with Gasteiger partial charge in [0, 0.05) is 5.25 Å². The topological polar surface area (TPSA) is 20.2 Å². The van der Waals surface area contributed by atoms with E-state index in [0.717, 1.165) is 17.1 Å². The highest BCUT2D eigenvalue weighted by molar-refractivity contribution is 7.85. The molecule has 2 bridgehead atoms. The Morgan fingerprint density at radius 1 is 1.38 bits per heavy atom. The van der Waals surface area contributed by atoms with Gasteiger partial charge in [-0.05, 0) is 43.3 Å². The lowest BCUT2D eigenvalue weighted by molar-refractivity contribution is 0.494. The number of rotatable bonds is 1. The minimum absolute atomic E-state index is 0.0478. The third kappa shape index (κ3) is 3.68. The molecular formula is C9H16OS3. The number of hydrogen-bond donors (Lipinski definition) is 3. The standard InChI is InChI=1S/C7H12S.C2H4OS2/c8-7-4-5-1-2-6(7)3-5;3-2(5)1-4/h5-8H,1-4H2;4H,1H2,(H,3,5). The van der Waals surface area contributed by atoms with Gasteiger partial charge in [0.1, 0.15) is 0 Å². The molecule has 0 saturated heterocycles. The van der Waals surface area contributed by atoms with E-state index in [4.69, 9.17) is 5.11 Å². The van der Waals surface area contributed by atoms with Crippen molar-refractivity contribution in [2.45, 2.75) is 30.9 Å². The zero-order chi connectivity index (χ0) is 9.84. The van der Waals surface area contributed by atoms with Crippen molar-refractivity contribution in [2.75, 3.05) is 5.75 Å². The van der Waals surface area contributed by atoms with Gasteiger partial charge in [-0.1, -0.05) is 6.42 Å². The maximum absolute atomic E-state index is 8.02. The molecule has 3 atom stereocenters. The maximum Gasteiger partial charge on any atom is 0.166 e. The molecule has 2 fully saturated rings. The number of hydrogen-bond acceptors (Lipinski definition) is 3. The van der Waals surface area contributed by atoms with E-state index in [1.165, 1.54) is 25.7 Å². The Bertz CT molecular complexity index is 182. The van der Waals surface area contributed by atoms with Crippen LogP contribution >= 0.6 is 37.5 Å². The summed E-state index contributed by atoms with van der Waals surface area (Å²) in [6.45, 7) is 0. The molecule has 0 aromatic heterocycles. The average Bonchev–Trinajstić information content (AvgIpc) is 2.65. The van der Waals surface area contributed by atoms with Crippen molar-refractivity contribution in [1.82, 2.24) is 0 Å². The Hall–Kier alpha value is 0.590. The van der Waals surface area contributed by atoms with Crippen LogP contribution in [0.5, 0.6) is 0 Å². The molecule has 4 heteroatoms. The second-order valence-electron chi connectivity index (χ2n) is 3.79. The molecule has 1 N–H and O–H groups in total. The van der Waals surface area contributed by atoms with Crippen LogP contribution in [0.15, 0.2) is 0 Å². The number of fused-ring (bicyclic) bond motifs is 2. The minimum atomic E-state index is -0.0478. The molecule has 0 aliphatic heterocycles. The molecule has 0 aromatic carbocycles. The van der Waals surface area contributed by atoms with Crippen molar-refractivity contribution in [2.24, 2.45) is 11.8 Å². The fourth-order valence-electron chi connectivity index (χ4n) is 2.21. The number of thiocarbonyl (C=S) groups is 1. The molecule has 0 amide bonds. The molecule has 0 radical (unpaired) electrons. The maximum atomic E-state index is 8.02. The summed E-state index contributed by atoms with van der Waals surface area (Å²) in [4.78, 5) is 0. The number of aliphatic hydroxyl groups is 1. The molecule has 3 unspecified atom stereocenters. The van der Waals surface area contributed by atoms with Crippen molar-refractivity contribution < 1.29 is 5.11 Å². The Balaban J connectivity index is 0.000000149. The predicted octanol–water partition coefficient (Wildman–Crippen LogP) is 2.91.